The molecule has 0 saturated carbocycles. The highest BCUT2D eigenvalue weighted by molar-refractivity contribution is 6.06. The fraction of sp³-hybridized carbons (Fsp3) is 0.190. The minimum absolute atomic E-state index is 0.174. The maximum atomic E-state index is 13.1. The summed E-state index contributed by atoms with van der Waals surface area (Å²) < 4.78 is 13.1. The van der Waals surface area contributed by atoms with Crippen LogP contribution in [0.3, 0.4) is 0 Å². The van der Waals surface area contributed by atoms with Crippen LogP contribution in [0, 0.1) is 11.7 Å². The summed E-state index contributed by atoms with van der Waals surface area (Å²) in [5.74, 6) is -3.65. The van der Waals surface area contributed by atoms with Crippen molar-refractivity contribution in [2.75, 3.05) is 0 Å². The zero-order valence-corrected chi connectivity index (χ0v) is 15.4. The van der Waals surface area contributed by atoms with Crippen LogP contribution in [0.2, 0.25) is 0 Å². The standard InChI is InChI=1S/C21H21FN2O4/c1-13(2)18(21(27)28)24-20(26)17(12-14-8-10-16(22)11-9-14)23-19(25)15-6-4-3-5-7-15/h3-13,18H,1-2H3,(H,23,25)(H,24,26)(H,27,28)/p-1/b17-12-/t18-/m0/s1. The van der Waals surface area contributed by atoms with E-state index in [0.29, 0.717) is 11.1 Å². The first-order valence-corrected chi connectivity index (χ1v) is 8.63. The Balaban J connectivity index is 2.32. The van der Waals surface area contributed by atoms with E-state index in [1.165, 1.54) is 30.3 Å². The zero-order chi connectivity index (χ0) is 20.7. The van der Waals surface area contributed by atoms with Crippen molar-refractivity contribution in [1.29, 1.82) is 0 Å². The Morgan fingerprint density at radius 3 is 2.14 bits per heavy atom. The van der Waals surface area contributed by atoms with Gasteiger partial charge in [-0.25, -0.2) is 4.39 Å². The number of carbonyl (C=O) groups is 3. The number of hydrogen-bond donors (Lipinski definition) is 2. The first-order chi connectivity index (χ1) is 13.3. The average Bonchev–Trinajstić information content (AvgIpc) is 2.67. The highest BCUT2D eigenvalue weighted by Crippen LogP contribution is 2.10. The second-order valence-corrected chi connectivity index (χ2v) is 6.44. The van der Waals surface area contributed by atoms with Crippen molar-refractivity contribution in [3.63, 3.8) is 0 Å². The third-order valence-corrected chi connectivity index (χ3v) is 3.92. The summed E-state index contributed by atoms with van der Waals surface area (Å²) in [5, 5.41) is 16.1. The summed E-state index contributed by atoms with van der Waals surface area (Å²) in [6.45, 7) is 3.24. The van der Waals surface area contributed by atoms with E-state index >= 15 is 0 Å². The minimum atomic E-state index is -1.43. The number of carboxylic acid groups (broad SMARTS) is 1. The number of rotatable bonds is 7. The summed E-state index contributed by atoms with van der Waals surface area (Å²) in [5.41, 5.74) is 0.599. The van der Waals surface area contributed by atoms with Gasteiger partial charge >= 0.3 is 0 Å². The molecule has 0 aromatic heterocycles. The molecule has 0 aliphatic carbocycles. The molecule has 2 rings (SSSR count). The van der Waals surface area contributed by atoms with Gasteiger partial charge in [-0.2, -0.15) is 0 Å². The lowest BCUT2D eigenvalue weighted by atomic mass is 10.0. The van der Waals surface area contributed by atoms with Crippen molar-refractivity contribution in [3.8, 4) is 0 Å². The Morgan fingerprint density at radius 1 is 1.00 bits per heavy atom. The maximum absolute atomic E-state index is 13.1. The molecule has 0 spiro atoms. The number of hydrogen-bond acceptors (Lipinski definition) is 4. The van der Waals surface area contributed by atoms with Gasteiger partial charge < -0.3 is 20.5 Å². The maximum Gasteiger partial charge on any atom is 0.268 e. The van der Waals surface area contributed by atoms with Gasteiger partial charge in [0.1, 0.15) is 11.5 Å². The van der Waals surface area contributed by atoms with E-state index in [1.54, 1.807) is 44.2 Å². The molecular formula is C21H20FN2O4-. The van der Waals surface area contributed by atoms with E-state index in [2.05, 4.69) is 10.6 Å². The molecule has 2 amide bonds. The van der Waals surface area contributed by atoms with Gasteiger partial charge in [-0.1, -0.05) is 44.2 Å². The van der Waals surface area contributed by atoms with Gasteiger partial charge in [0.2, 0.25) is 0 Å². The molecule has 0 aliphatic heterocycles. The van der Waals surface area contributed by atoms with Crippen molar-refractivity contribution < 1.29 is 23.9 Å². The number of aliphatic carboxylic acids is 1. The van der Waals surface area contributed by atoms with Crippen LogP contribution in [-0.4, -0.2) is 23.8 Å². The van der Waals surface area contributed by atoms with E-state index in [4.69, 9.17) is 0 Å². The van der Waals surface area contributed by atoms with Crippen LogP contribution < -0.4 is 15.7 Å². The van der Waals surface area contributed by atoms with Crippen LogP contribution in [0.4, 0.5) is 4.39 Å². The first-order valence-electron chi connectivity index (χ1n) is 8.63. The molecule has 6 nitrogen and oxygen atoms in total. The summed E-state index contributed by atoms with van der Waals surface area (Å²) in [6, 6.07) is 12.3. The molecular weight excluding hydrogens is 363 g/mol. The normalized spacial score (nSPS) is 12.4. The third kappa shape index (κ3) is 5.77. The molecule has 2 aromatic rings. The highest BCUT2D eigenvalue weighted by Gasteiger charge is 2.21. The van der Waals surface area contributed by atoms with E-state index in [-0.39, 0.29) is 5.70 Å². The van der Waals surface area contributed by atoms with Gasteiger partial charge in [0.25, 0.3) is 11.8 Å². The molecule has 28 heavy (non-hydrogen) atoms. The van der Waals surface area contributed by atoms with Crippen LogP contribution in [0.25, 0.3) is 6.08 Å². The second kappa shape index (κ2) is 9.45. The molecule has 0 bridgehead atoms. The number of benzene rings is 2. The lowest BCUT2D eigenvalue weighted by Crippen LogP contribution is -2.52. The van der Waals surface area contributed by atoms with Crippen molar-refractivity contribution in [3.05, 3.63) is 77.2 Å². The summed E-state index contributed by atoms with van der Waals surface area (Å²) in [4.78, 5) is 36.3. The second-order valence-electron chi connectivity index (χ2n) is 6.44. The topological polar surface area (TPSA) is 98.3 Å². The van der Waals surface area contributed by atoms with Crippen LogP contribution in [0.15, 0.2) is 60.3 Å². The van der Waals surface area contributed by atoms with Crippen molar-refractivity contribution in [2.45, 2.75) is 19.9 Å². The molecule has 0 heterocycles. The van der Waals surface area contributed by atoms with Crippen LogP contribution in [0.5, 0.6) is 0 Å². The van der Waals surface area contributed by atoms with Crippen LogP contribution in [0.1, 0.15) is 29.8 Å². The minimum Gasteiger partial charge on any atom is -0.548 e. The molecule has 2 N–H and O–H groups in total. The lowest BCUT2D eigenvalue weighted by Gasteiger charge is -2.24. The summed E-state index contributed by atoms with van der Waals surface area (Å²) in [6.07, 6.45) is 1.34. The Kier molecular flexibility index (Phi) is 7.03. The Bertz CT molecular complexity index is 877. The van der Waals surface area contributed by atoms with Gasteiger partial charge in [0.05, 0.1) is 12.0 Å². The van der Waals surface area contributed by atoms with E-state index in [1.807, 2.05) is 0 Å². The van der Waals surface area contributed by atoms with Gasteiger partial charge in [-0.3, -0.25) is 9.59 Å². The van der Waals surface area contributed by atoms with Crippen molar-refractivity contribution >= 4 is 23.9 Å². The molecule has 0 unspecified atom stereocenters. The molecule has 0 aliphatic rings. The average molecular weight is 383 g/mol. The predicted molar refractivity (Wildman–Crippen MR) is 100 cm³/mol. The van der Waals surface area contributed by atoms with Gasteiger partial charge in [0.15, 0.2) is 0 Å². The smallest absolute Gasteiger partial charge is 0.268 e. The van der Waals surface area contributed by atoms with Crippen LogP contribution >= 0.6 is 0 Å². The molecule has 0 fully saturated rings. The Labute approximate surface area is 162 Å². The number of carboxylic acids is 1. The number of carbonyl (C=O) groups excluding carboxylic acids is 3. The van der Waals surface area contributed by atoms with Gasteiger partial charge in [-0.15, -0.1) is 0 Å². The molecule has 1 atom stereocenters. The van der Waals surface area contributed by atoms with E-state index < -0.39 is 35.6 Å². The zero-order valence-electron chi connectivity index (χ0n) is 15.4. The monoisotopic (exact) mass is 383 g/mol. The molecule has 0 radical (unpaired) electrons. The third-order valence-electron chi connectivity index (χ3n) is 3.92. The fourth-order valence-corrected chi connectivity index (χ4v) is 2.38. The molecule has 146 valence electrons. The SMILES string of the molecule is CC(C)[C@H](NC(=O)/C(=C/c1ccc(F)cc1)NC(=O)c1ccccc1)C(=O)[O-]. The van der Waals surface area contributed by atoms with E-state index in [0.717, 1.165) is 0 Å². The molecule has 0 saturated heterocycles. The lowest BCUT2D eigenvalue weighted by molar-refractivity contribution is -0.309. The summed E-state index contributed by atoms with van der Waals surface area (Å²) in [7, 11) is 0. The summed E-state index contributed by atoms with van der Waals surface area (Å²) >= 11 is 0. The Hall–Kier alpha value is -3.48. The Morgan fingerprint density at radius 2 is 1.61 bits per heavy atom. The van der Waals surface area contributed by atoms with Crippen molar-refractivity contribution in [2.24, 2.45) is 5.92 Å². The molecule has 7 heteroatoms. The largest absolute Gasteiger partial charge is 0.548 e. The van der Waals surface area contributed by atoms with Crippen LogP contribution in [-0.2, 0) is 9.59 Å². The number of amides is 2. The first kappa shape index (κ1) is 20.8. The highest BCUT2D eigenvalue weighted by atomic mass is 19.1. The van der Waals surface area contributed by atoms with E-state index in [9.17, 15) is 23.9 Å². The fourth-order valence-electron chi connectivity index (χ4n) is 2.38. The van der Waals surface area contributed by atoms with Crippen molar-refractivity contribution in [1.82, 2.24) is 10.6 Å². The quantitative estimate of drug-likeness (QED) is 0.708. The molecule has 2 aromatic carbocycles. The number of nitrogens with one attached hydrogen (secondary N) is 2. The van der Waals surface area contributed by atoms with Gasteiger partial charge in [0, 0.05) is 5.56 Å². The predicted octanol–water partition coefficient (Wildman–Crippen LogP) is 1.49. The number of halogens is 1. The van der Waals surface area contributed by atoms with Gasteiger partial charge in [-0.05, 0) is 41.8 Å².